The molecule has 3 aromatic rings. The molecule has 2 aromatic heterocycles. The van der Waals surface area contributed by atoms with Gasteiger partial charge in [0, 0.05) is 6.07 Å². The van der Waals surface area contributed by atoms with E-state index in [1.165, 1.54) is 6.92 Å². The van der Waals surface area contributed by atoms with Gasteiger partial charge in [0.2, 0.25) is 0 Å². The van der Waals surface area contributed by atoms with Gasteiger partial charge in [0.15, 0.2) is 17.0 Å². The zero-order chi connectivity index (χ0) is 21.3. The quantitative estimate of drug-likeness (QED) is 0.499. The molecule has 0 radical (unpaired) electrons. The van der Waals surface area contributed by atoms with Crippen LogP contribution in [0.3, 0.4) is 0 Å². The Bertz CT molecular complexity index is 1200. The number of Topliss-reactive ketones (excluding diaryl/α,β-unsaturated/α-hetero) is 1. The van der Waals surface area contributed by atoms with Gasteiger partial charge in [-0.1, -0.05) is 12.1 Å². The van der Waals surface area contributed by atoms with Crippen molar-refractivity contribution in [2.45, 2.75) is 27.7 Å². The Morgan fingerprint density at radius 1 is 1.21 bits per heavy atom. The third-order valence-electron chi connectivity index (χ3n) is 4.35. The number of ketones is 1. The van der Waals surface area contributed by atoms with Crippen LogP contribution in [0.1, 0.15) is 55.6 Å². The van der Waals surface area contributed by atoms with Crippen LogP contribution < -0.4 is 10.7 Å². The number of hydrogen-bond acceptors (Lipinski definition) is 7. The molecule has 0 saturated heterocycles. The first-order valence-corrected chi connectivity index (χ1v) is 9.72. The number of aryl methyl sites for hydroxylation is 1. The summed E-state index contributed by atoms with van der Waals surface area (Å²) in [4.78, 5) is 49.7. The van der Waals surface area contributed by atoms with Crippen LogP contribution in [0, 0.1) is 13.8 Å². The molecule has 1 amide bonds. The summed E-state index contributed by atoms with van der Waals surface area (Å²) in [6, 6.07) is 6.23. The van der Waals surface area contributed by atoms with Gasteiger partial charge in [0.25, 0.3) is 5.91 Å². The van der Waals surface area contributed by atoms with E-state index in [-0.39, 0.29) is 34.1 Å². The lowest BCUT2D eigenvalue weighted by Gasteiger charge is -2.08. The first-order valence-electron chi connectivity index (χ1n) is 8.90. The summed E-state index contributed by atoms with van der Waals surface area (Å²) in [5.41, 5.74) is 1.24. The van der Waals surface area contributed by atoms with Crippen molar-refractivity contribution >= 4 is 45.0 Å². The van der Waals surface area contributed by atoms with Crippen molar-refractivity contribution in [3.63, 3.8) is 0 Å². The predicted molar refractivity (Wildman–Crippen MR) is 110 cm³/mol. The smallest absolute Gasteiger partial charge is 0.341 e. The predicted octanol–water partition coefficient (Wildman–Crippen LogP) is 4.10. The van der Waals surface area contributed by atoms with Crippen molar-refractivity contribution < 1.29 is 23.5 Å². The van der Waals surface area contributed by atoms with Crippen molar-refractivity contribution in [3.05, 3.63) is 61.8 Å². The van der Waals surface area contributed by atoms with E-state index in [1.807, 2.05) is 0 Å². The number of rotatable bonds is 5. The number of fused-ring (bicyclic) bond motifs is 1. The Balaban J connectivity index is 2.05. The molecule has 0 unspecified atom stereocenters. The second kappa shape index (κ2) is 8.00. The summed E-state index contributed by atoms with van der Waals surface area (Å²) in [5, 5.41) is 3.13. The summed E-state index contributed by atoms with van der Waals surface area (Å²) in [5.74, 6) is -1.76. The molecule has 0 fully saturated rings. The van der Waals surface area contributed by atoms with Gasteiger partial charge in [0.05, 0.1) is 22.4 Å². The van der Waals surface area contributed by atoms with E-state index in [9.17, 15) is 19.2 Å². The number of amides is 1. The molecule has 0 bridgehead atoms. The third kappa shape index (κ3) is 3.84. The minimum absolute atomic E-state index is 0.120. The highest BCUT2D eigenvalue weighted by Crippen LogP contribution is 2.34. The minimum Gasteiger partial charge on any atom is -0.462 e. The van der Waals surface area contributed by atoms with Gasteiger partial charge in [-0.05, 0) is 44.9 Å². The molecule has 29 heavy (non-hydrogen) atoms. The number of thiophene rings is 1. The van der Waals surface area contributed by atoms with Crippen molar-refractivity contribution in [1.29, 1.82) is 0 Å². The average molecular weight is 413 g/mol. The molecule has 0 aliphatic heterocycles. The van der Waals surface area contributed by atoms with Crippen LogP contribution in [0.5, 0.6) is 0 Å². The molecule has 0 atom stereocenters. The molecule has 1 N–H and O–H groups in total. The number of hydrogen-bond donors (Lipinski definition) is 1. The number of ether oxygens (including phenoxy) is 1. The van der Waals surface area contributed by atoms with E-state index >= 15 is 0 Å². The van der Waals surface area contributed by atoms with E-state index in [1.54, 1.807) is 39.0 Å². The fourth-order valence-electron chi connectivity index (χ4n) is 2.98. The molecule has 0 aliphatic carbocycles. The zero-order valence-electron chi connectivity index (χ0n) is 16.4. The molecule has 150 valence electrons. The monoisotopic (exact) mass is 413 g/mol. The number of para-hydroxylation sites is 1. The lowest BCUT2D eigenvalue weighted by molar-refractivity contribution is 0.0527. The molecule has 0 aliphatic rings. The fourth-order valence-corrected chi connectivity index (χ4v) is 4.07. The van der Waals surface area contributed by atoms with E-state index < -0.39 is 11.9 Å². The summed E-state index contributed by atoms with van der Waals surface area (Å²) >= 11 is 0.980. The number of anilines is 1. The van der Waals surface area contributed by atoms with E-state index in [2.05, 4.69) is 5.32 Å². The van der Waals surface area contributed by atoms with Crippen LogP contribution in [-0.2, 0) is 4.74 Å². The SMILES string of the molecule is CCOC(=O)c1c(NC(=O)c2cc(=O)c3cccc(C)c3o2)sc(C(C)=O)c1C. The molecule has 0 spiro atoms. The molecule has 8 heteroatoms. The van der Waals surface area contributed by atoms with Crippen molar-refractivity contribution in [3.8, 4) is 0 Å². The molecule has 3 rings (SSSR count). The second-order valence-corrected chi connectivity index (χ2v) is 7.44. The summed E-state index contributed by atoms with van der Waals surface area (Å²) in [6.07, 6.45) is 0. The number of carbonyl (C=O) groups is 3. The van der Waals surface area contributed by atoms with Gasteiger partial charge in [-0.15, -0.1) is 11.3 Å². The Hall–Kier alpha value is -3.26. The van der Waals surface area contributed by atoms with Crippen molar-refractivity contribution in [2.75, 3.05) is 11.9 Å². The fraction of sp³-hybridized carbons (Fsp3) is 0.238. The molecule has 0 saturated carbocycles. The van der Waals surface area contributed by atoms with Crippen LogP contribution in [0.2, 0.25) is 0 Å². The van der Waals surface area contributed by atoms with E-state index in [0.29, 0.717) is 27.0 Å². The minimum atomic E-state index is -0.700. The number of carbonyl (C=O) groups excluding carboxylic acids is 3. The van der Waals surface area contributed by atoms with Gasteiger partial charge in [-0.2, -0.15) is 0 Å². The highest BCUT2D eigenvalue weighted by molar-refractivity contribution is 7.18. The first-order chi connectivity index (χ1) is 13.7. The third-order valence-corrected chi connectivity index (χ3v) is 5.66. The van der Waals surface area contributed by atoms with Crippen molar-refractivity contribution in [1.82, 2.24) is 0 Å². The highest BCUT2D eigenvalue weighted by Gasteiger charge is 2.26. The Labute approximate surface area is 170 Å². The number of nitrogens with one attached hydrogen (secondary N) is 1. The first kappa shape index (κ1) is 20.5. The van der Waals surface area contributed by atoms with Crippen LogP contribution in [-0.4, -0.2) is 24.3 Å². The van der Waals surface area contributed by atoms with Gasteiger partial charge in [0.1, 0.15) is 10.6 Å². The van der Waals surface area contributed by atoms with Gasteiger partial charge in [-0.3, -0.25) is 14.4 Å². The Kier molecular flexibility index (Phi) is 5.65. The molecule has 2 heterocycles. The summed E-state index contributed by atoms with van der Waals surface area (Å²) in [6.45, 7) is 6.58. The Morgan fingerprint density at radius 3 is 2.59 bits per heavy atom. The largest absolute Gasteiger partial charge is 0.462 e. The zero-order valence-corrected chi connectivity index (χ0v) is 17.2. The summed E-state index contributed by atoms with van der Waals surface area (Å²) < 4.78 is 10.7. The highest BCUT2D eigenvalue weighted by atomic mass is 32.1. The van der Waals surface area contributed by atoms with Crippen LogP contribution >= 0.6 is 11.3 Å². The normalized spacial score (nSPS) is 10.8. The second-order valence-electron chi connectivity index (χ2n) is 6.42. The maximum Gasteiger partial charge on any atom is 0.341 e. The van der Waals surface area contributed by atoms with Crippen LogP contribution in [0.15, 0.2) is 33.5 Å². The van der Waals surface area contributed by atoms with Crippen LogP contribution in [0.4, 0.5) is 5.00 Å². The standard InChI is InChI=1S/C21H19NO6S/c1-5-27-21(26)16-11(3)18(12(4)23)29-20(16)22-19(25)15-9-14(24)13-8-6-7-10(2)17(13)28-15/h6-9H,5H2,1-4H3,(H,22,25). The van der Waals surface area contributed by atoms with Crippen LogP contribution in [0.25, 0.3) is 11.0 Å². The molecule has 1 aromatic carbocycles. The van der Waals surface area contributed by atoms with Crippen molar-refractivity contribution in [2.24, 2.45) is 0 Å². The van der Waals surface area contributed by atoms with E-state index in [4.69, 9.17) is 9.15 Å². The number of esters is 1. The maximum absolute atomic E-state index is 12.8. The average Bonchev–Trinajstić information content (AvgIpc) is 2.99. The molecular weight excluding hydrogens is 394 g/mol. The Morgan fingerprint density at radius 2 is 1.93 bits per heavy atom. The van der Waals surface area contributed by atoms with E-state index in [0.717, 1.165) is 17.4 Å². The lowest BCUT2D eigenvalue weighted by Crippen LogP contribution is -2.17. The topological polar surface area (TPSA) is 103 Å². The molecular formula is C21H19NO6S. The van der Waals surface area contributed by atoms with Gasteiger partial charge >= 0.3 is 5.97 Å². The van der Waals surface area contributed by atoms with Gasteiger partial charge < -0.3 is 14.5 Å². The lowest BCUT2D eigenvalue weighted by atomic mass is 10.1. The summed E-state index contributed by atoms with van der Waals surface area (Å²) in [7, 11) is 0. The maximum atomic E-state index is 12.8. The number of benzene rings is 1. The molecule has 7 nitrogen and oxygen atoms in total. The van der Waals surface area contributed by atoms with Gasteiger partial charge in [-0.25, -0.2) is 4.79 Å².